The summed E-state index contributed by atoms with van der Waals surface area (Å²) in [6.45, 7) is 0. The van der Waals surface area contributed by atoms with Crippen LogP contribution in [0.5, 0.6) is 0 Å². The van der Waals surface area contributed by atoms with E-state index in [0.717, 1.165) is 23.6 Å². The van der Waals surface area contributed by atoms with E-state index in [-0.39, 0.29) is 11.4 Å². The molecule has 1 aliphatic carbocycles. The van der Waals surface area contributed by atoms with Crippen LogP contribution in [0.25, 0.3) is 0 Å². The SMILES string of the molecule is COC(=O)CC1(CSc2ncnc(Cl)c2Br)CC1. The average molecular weight is 352 g/mol. The maximum Gasteiger partial charge on any atom is 0.306 e. The number of carbonyl (C=O) groups is 1. The topological polar surface area (TPSA) is 52.1 Å². The zero-order chi connectivity index (χ0) is 13.2. The van der Waals surface area contributed by atoms with Crippen LogP contribution in [0.2, 0.25) is 5.15 Å². The number of halogens is 2. The van der Waals surface area contributed by atoms with Gasteiger partial charge < -0.3 is 4.74 Å². The highest BCUT2D eigenvalue weighted by Crippen LogP contribution is 2.52. The van der Waals surface area contributed by atoms with Crippen molar-refractivity contribution in [1.82, 2.24) is 9.97 Å². The van der Waals surface area contributed by atoms with E-state index in [1.165, 1.54) is 13.4 Å². The second kappa shape index (κ2) is 5.75. The van der Waals surface area contributed by atoms with Gasteiger partial charge in [-0.05, 0) is 34.2 Å². The Balaban J connectivity index is 1.95. The predicted molar refractivity (Wildman–Crippen MR) is 73.8 cm³/mol. The van der Waals surface area contributed by atoms with E-state index in [1.54, 1.807) is 11.8 Å². The van der Waals surface area contributed by atoms with Crippen molar-refractivity contribution in [3.05, 3.63) is 16.0 Å². The lowest BCUT2D eigenvalue weighted by Gasteiger charge is -2.13. The van der Waals surface area contributed by atoms with E-state index >= 15 is 0 Å². The van der Waals surface area contributed by atoms with Crippen LogP contribution >= 0.6 is 39.3 Å². The Morgan fingerprint density at radius 1 is 1.61 bits per heavy atom. The maximum absolute atomic E-state index is 11.3. The molecule has 98 valence electrons. The van der Waals surface area contributed by atoms with Crippen LogP contribution in [0.15, 0.2) is 15.8 Å². The number of thioether (sulfide) groups is 1. The fraction of sp³-hybridized carbons (Fsp3) is 0.545. The van der Waals surface area contributed by atoms with E-state index in [0.29, 0.717) is 16.0 Å². The monoisotopic (exact) mass is 350 g/mol. The van der Waals surface area contributed by atoms with Crippen molar-refractivity contribution in [3.8, 4) is 0 Å². The molecular weight excluding hydrogens is 340 g/mol. The largest absolute Gasteiger partial charge is 0.469 e. The van der Waals surface area contributed by atoms with Gasteiger partial charge >= 0.3 is 5.97 Å². The quantitative estimate of drug-likeness (QED) is 0.463. The summed E-state index contributed by atoms with van der Waals surface area (Å²) < 4.78 is 5.43. The van der Waals surface area contributed by atoms with Gasteiger partial charge in [-0.2, -0.15) is 0 Å². The molecule has 0 saturated heterocycles. The van der Waals surface area contributed by atoms with Crippen LogP contribution < -0.4 is 0 Å². The minimum absolute atomic E-state index is 0.0780. The maximum atomic E-state index is 11.3. The molecule has 0 spiro atoms. The van der Waals surface area contributed by atoms with Gasteiger partial charge in [0.2, 0.25) is 0 Å². The van der Waals surface area contributed by atoms with Crippen molar-refractivity contribution in [1.29, 1.82) is 0 Å². The van der Waals surface area contributed by atoms with Crippen LogP contribution in [0.3, 0.4) is 0 Å². The highest BCUT2D eigenvalue weighted by molar-refractivity contribution is 9.10. The Bertz CT molecular complexity index is 468. The summed E-state index contributed by atoms with van der Waals surface area (Å²) in [5.74, 6) is 0.696. The van der Waals surface area contributed by atoms with Crippen LogP contribution in [-0.4, -0.2) is 28.8 Å². The number of esters is 1. The molecule has 1 aliphatic rings. The number of nitrogens with zero attached hydrogens (tertiary/aromatic N) is 2. The van der Waals surface area contributed by atoms with Gasteiger partial charge in [-0.1, -0.05) is 11.6 Å². The van der Waals surface area contributed by atoms with Gasteiger partial charge in [0.1, 0.15) is 16.5 Å². The molecule has 4 nitrogen and oxygen atoms in total. The van der Waals surface area contributed by atoms with E-state index in [2.05, 4.69) is 25.9 Å². The van der Waals surface area contributed by atoms with Gasteiger partial charge in [-0.25, -0.2) is 9.97 Å². The fourth-order valence-electron chi connectivity index (χ4n) is 1.58. The first-order valence-corrected chi connectivity index (χ1v) is 7.58. The molecule has 0 aliphatic heterocycles. The number of ether oxygens (including phenoxy) is 1. The first-order valence-electron chi connectivity index (χ1n) is 5.42. The van der Waals surface area contributed by atoms with Crippen LogP contribution in [0, 0.1) is 5.41 Å². The summed E-state index contributed by atoms with van der Waals surface area (Å²) >= 11 is 10.9. The lowest BCUT2D eigenvalue weighted by molar-refractivity contribution is -0.141. The Morgan fingerprint density at radius 3 is 2.94 bits per heavy atom. The molecule has 0 atom stereocenters. The Labute approximate surface area is 123 Å². The third kappa shape index (κ3) is 3.36. The molecule has 1 fully saturated rings. The molecule has 0 aromatic carbocycles. The number of hydrogen-bond acceptors (Lipinski definition) is 5. The van der Waals surface area contributed by atoms with Crippen molar-refractivity contribution in [2.45, 2.75) is 24.3 Å². The standard InChI is InChI=1S/C11H12BrClN2O2S/c1-17-7(16)4-11(2-3-11)5-18-10-8(12)9(13)14-6-15-10/h6H,2-5H2,1H3. The van der Waals surface area contributed by atoms with E-state index in [1.807, 2.05) is 0 Å². The molecule has 1 aromatic heterocycles. The summed E-state index contributed by atoms with van der Waals surface area (Å²) in [6.07, 6.45) is 4.04. The molecule has 1 aromatic rings. The first kappa shape index (κ1) is 14.1. The minimum Gasteiger partial charge on any atom is -0.469 e. The lowest BCUT2D eigenvalue weighted by Crippen LogP contribution is -2.13. The van der Waals surface area contributed by atoms with Gasteiger partial charge in [0.05, 0.1) is 18.0 Å². The summed E-state index contributed by atoms with van der Waals surface area (Å²) in [5, 5.41) is 1.22. The van der Waals surface area contributed by atoms with Crippen molar-refractivity contribution < 1.29 is 9.53 Å². The lowest BCUT2D eigenvalue weighted by atomic mass is 10.1. The summed E-state index contributed by atoms with van der Waals surface area (Å²) in [4.78, 5) is 19.4. The molecular formula is C11H12BrClN2O2S. The van der Waals surface area contributed by atoms with Gasteiger partial charge in [0, 0.05) is 5.75 Å². The van der Waals surface area contributed by atoms with Crippen LogP contribution in [0.1, 0.15) is 19.3 Å². The highest BCUT2D eigenvalue weighted by Gasteiger charge is 2.44. The molecule has 0 amide bonds. The smallest absolute Gasteiger partial charge is 0.306 e. The summed E-state index contributed by atoms with van der Waals surface area (Å²) in [6, 6.07) is 0. The van der Waals surface area contributed by atoms with E-state index in [9.17, 15) is 4.79 Å². The number of rotatable bonds is 5. The minimum atomic E-state index is -0.145. The summed E-state index contributed by atoms with van der Waals surface area (Å²) in [5.41, 5.74) is 0.0780. The van der Waals surface area contributed by atoms with Crippen molar-refractivity contribution in [3.63, 3.8) is 0 Å². The summed E-state index contributed by atoms with van der Waals surface area (Å²) in [7, 11) is 1.42. The Hall–Kier alpha value is -0.330. The zero-order valence-electron chi connectivity index (χ0n) is 9.78. The van der Waals surface area contributed by atoms with Gasteiger partial charge in [-0.15, -0.1) is 11.8 Å². The molecule has 18 heavy (non-hydrogen) atoms. The molecule has 7 heteroatoms. The molecule has 0 radical (unpaired) electrons. The molecule has 0 N–H and O–H groups in total. The fourth-order valence-corrected chi connectivity index (χ4v) is 3.50. The highest BCUT2D eigenvalue weighted by atomic mass is 79.9. The first-order chi connectivity index (χ1) is 8.56. The van der Waals surface area contributed by atoms with E-state index in [4.69, 9.17) is 16.3 Å². The Kier molecular flexibility index (Phi) is 4.50. The van der Waals surface area contributed by atoms with Crippen molar-refractivity contribution in [2.24, 2.45) is 5.41 Å². The molecule has 2 rings (SSSR count). The predicted octanol–water partition coefficient (Wildman–Crippen LogP) is 3.33. The second-order valence-corrected chi connectivity index (χ2v) is 6.44. The third-order valence-corrected chi connectivity index (χ3v) is 5.80. The van der Waals surface area contributed by atoms with Crippen molar-refractivity contribution in [2.75, 3.05) is 12.9 Å². The van der Waals surface area contributed by atoms with Gasteiger partial charge in [0.15, 0.2) is 0 Å². The normalized spacial score (nSPS) is 16.4. The van der Waals surface area contributed by atoms with Gasteiger partial charge in [-0.3, -0.25) is 4.79 Å². The van der Waals surface area contributed by atoms with Crippen LogP contribution in [0.4, 0.5) is 0 Å². The average Bonchev–Trinajstić information content (AvgIpc) is 3.11. The van der Waals surface area contributed by atoms with Gasteiger partial charge in [0.25, 0.3) is 0 Å². The number of methoxy groups -OCH3 is 1. The van der Waals surface area contributed by atoms with Crippen LogP contribution in [-0.2, 0) is 9.53 Å². The number of carbonyl (C=O) groups excluding carboxylic acids is 1. The third-order valence-electron chi connectivity index (χ3n) is 2.93. The molecule has 0 unspecified atom stereocenters. The molecule has 1 saturated carbocycles. The Morgan fingerprint density at radius 2 is 2.33 bits per heavy atom. The molecule has 0 bridgehead atoms. The van der Waals surface area contributed by atoms with E-state index < -0.39 is 0 Å². The number of hydrogen-bond donors (Lipinski definition) is 0. The second-order valence-electron chi connectivity index (χ2n) is 4.33. The van der Waals surface area contributed by atoms with Crippen molar-refractivity contribution >= 4 is 45.3 Å². The number of aromatic nitrogens is 2. The molecule has 1 heterocycles. The zero-order valence-corrected chi connectivity index (χ0v) is 12.9.